The SMILES string of the molecule is COc1ccc(CC(N)c2cccnc2)c(OC)c1. The second kappa shape index (κ2) is 6.20. The number of nitrogens with two attached hydrogens (primary N) is 1. The third-order valence-corrected chi connectivity index (χ3v) is 3.05. The number of aromatic nitrogens is 1. The van der Waals surface area contributed by atoms with Crippen LogP contribution in [0.4, 0.5) is 0 Å². The zero-order valence-corrected chi connectivity index (χ0v) is 11.2. The lowest BCUT2D eigenvalue weighted by molar-refractivity contribution is 0.390. The quantitative estimate of drug-likeness (QED) is 0.894. The smallest absolute Gasteiger partial charge is 0.125 e. The molecule has 0 saturated carbocycles. The standard InChI is InChI=1S/C15H18N2O2/c1-18-13-6-5-11(15(9-13)19-2)8-14(16)12-4-3-7-17-10-12/h3-7,9-10,14H,8,16H2,1-2H3. The molecule has 0 spiro atoms. The molecule has 0 bridgehead atoms. The van der Waals surface area contributed by atoms with Crippen molar-refractivity contribution in [1.82, 2.24) is 4.98 Å². The van der Waals surface area contributed by atoms with Crippen molar-refractivity contribution >= 4 is 0 Å². The van der Waals surface area contributed by atoms with E-state index in [9.17, 15) is 0 Å². The van der Waals surface area contributed by atoms with Gasteiger partial charge in [0.1, 0.15) is 11.5 Å². The molecule has 1 atom stereocenters. The molecule has 0 saturated heterocycles. The predicted molar refractivity (Wildman–Crippen MR) is 74.4 cm³/mol. The van der Waals surface area contributed by atoms with Crippen molar-refractivity contribution in [3.8, 4) is 11.5 Å². The summed E-state index contributed by atoms with van der Waals surface area (Å²) in [5, 5.41) is 0. The lowest BCUT2D eigenvalue weighted by Crippen LogP contribution is -2.14. The van der Waals surface area contributed by atoms with Gasteiger partial charge in [-0.05, 0) is 29.7 Å². The lowest BCUT2D eigenvalue weighted by atomic mass is 10.0. The van der Waals surface area contributed by atoms with Gasteiger partial charge in [-0.3, -0.25) is 4.98 Å². The molecule has 2 rings (SSSR count). The van der Waals surface area contributed by atoms with Crippen LogP contribution in [0.25, 0.3) is 0 Å². The minimum absolute atomic E-state index is 0.101. The fourth-order valence-corrected chi connectivity index (χ4v) is 1.97. The summed E-state index contributed by atoms with van der Waals surface area (Å²) in [5.41, 5.74) is 8.26. The second-order valence-corrected chi connectivity index (χ2v) is 4.27. The maximum absolute atomic E-state index is 6.19. The summed E-state index contributed by atoms with van der Waals surface area (Å²) in [4.78, 5) is 4.09. The number of pyridine rings is 1. The van der Waals surface area contributed by atoms with Crippen LogP contribution in [0, 0.1) is 0 Å². The van der Waals surface area contributed by atoms with Gasteiger partial charge in [-0.2, -0.15) is 0 Å². The summed E-state index contributed by atoms with van der Waals surface area (Å²) in [6.07, 6.45) is 4.23. The Bertz CT molecular complexity index is 529. The summed E-state index contributed by atoms with van der Waals surface area (Å²) < 4.78 is 10.6. The number of benzene rings is 1. The molecule has 0 amide bonds. The van der Waals surface area contributed by atoms with E-state index in [1.807, 2.05) is 30.3 Å². The fourth-order valence-electron chi connectivity index (χ4n) is 1.97. The number of hydrogen-bond acceptors (Lipinski definition) is 4. The molecule has 4 nitrogen and oxygen atoms in total. The van der Waals surface area contributed by atoms with Gasteiger partial charge in [-0.15, -0.1) is 0 Å². The van der Waals surface area contributed by atoms with Crippen molar-refractivity contribution in [3.05, 3.63) is 53.9 Å². The van der Waals surface area contributed by atoms with Crippen molar-refractivity contribution < 1.29 is 9.47 Å². The zero-order valence-electron chi connectivity index (χ0n) is 11.2. The number of hydrogen-bond donors (Lipinski definition) is 1. The Hall–Kier alpha value is -2.07. The van der Waals surface area contributed by atoms with Crippen LogP contribution in [0.2, 0.25) is 0 Å². The highest BCUT2D eigenvalue weighted by atomic mass is 16.5. The zero-order chi connectivity index (χ0) is 13.7. The van der Waals surface area contributed by atoms with E-state index in [0.717, 1.165) is 22.6 Å². The highest BCUT2D eigenvalue weighted by Gasteiger charge is 2.11. The Kier molecular flexibility index (Phi) is 4.36. The number of rotatable bonds is 5. The fraction of sp³-hybridized carbons (Fsp3) is 0.267. The maximum Gasteiger partial charge on any atom is 0.125 e. The highest BCUT2D eigenvalue weighted by Crippen LogP contribution is 2.27. The number of ether oxygens (including phenoxy) is 2. The van der Waals surface area contributed by atoms with Crippen LogP contribution in [-0.4, -0.2) is 19.2 Å². The van der Waals surface area contributed by atoms with E-state index < -0.39 is 0 Å². The Balaban J connectivity index is 2.19. The van der Waals surface area contributed by atoms with Gasteiger partial charge in [0.15, 0.2) is 0 Å². The minimum atomic E-state index is -0.101. The van der Waals surface area contributed by atoms with Crippen molar-refractivity contribution in [3.63, 3.8) is 0 Å². The van der Waals surface area contributed by atoms with Crippen LogP contribution >= 0.6 is 0 Å². The molecule has 0 radical (unpaired) electrons. The van der Waals surface area contributed by atoms with Gasteiger partial charge in [0.2, 0.25) is 0 Å². The van der Waals surface area contributed by atoms with Crippen molar-refractivity contribution in [1.29, 1.82) is 0 Å². The average molecular weight is 258 g/mol. The summed E-state index contributed by atoms with van der Waals surface area (Å²) in [5.74, 6) is 1.56. The first-order chi connectivity index (χ1) is 9.24. The largest absolute Gasteiger partial charge is 0.497 e. The molecule has 1 unspecified atom stereocenters. The topological polar surface area (TPSA) is 57.4 Å². The van der Waals surface area contributed by atoms with Gasteiger partial charge in [-0.1, -0.05) is 12.1 Å². The number of nitrogens with zero attached hydrogens (tertiary/aromatic N) is 1. The van der Waals surface area contributed by atoms with E-state index >= 15 is 0 Å². The second-order valence-electron chi connectivity index (χ2n) is 4.27. The highest BCUT2D eigenvalue weighted by molar-refractivity contribution is 5.41. The third-order valence-electron chi connectivity index (χ3n) is 3.05. The molecule has 4 heteroatoms. The molecule has 0 fully saturated rings. The summed E-state index contributed by atoms with van der Waals surface area (Å²) in [7, 11) is 3.28. The summed E-state index contributed by atoms with van der Waals surface area (Å²) in [6, 6.07) is 9.53. The Morgan fingerprint density at radius 2 is 2.05 bits per heavy atom. The van der Waals surface area contributed by atoms with Gasteiger partial charge >= 0.3 is 0 Å². The summed E-state index contributed by atoms with van der Waals surface area (Å²) >= 11 is 0. The van der Waals surface area contributed by atoms with Crippen LogP contribution in [-0.2, 0) is 6.42 Å². The van der Waals surface area contributed by atoms with Crippen LogP contribution in [0.1, 0.15) is 17.2 Å². The van der Waals surface area contributed by atoms with Crippen LogP contribution in [0.5, 0.6) is 11.5 Å². The molecular weight excluding hydrogens is 240 g/mol. The van der Waals surface area contributed by atoms with E-state index in [1.165, 1.54) is 0 Å². The van der Waals surface area contributed by atoms with E-state index in [-0.39, 0.29) is 6.04 Å². The van der Waals surface area contributed by atoms with Gasteiger partial charge in [0.05, 0.1) is 14.2 Å². The molecule has 0 aliphatic rings. The van der Waals surface area contributed by atoms with E-state index in [2.05, 4.69) is 4.98 Å². The van der Waals surface area contributed by atoms with Crippen molar-refractivity contribution in [2.75, 3.05) is 14.2 Å². The van der Waals surface area contributed by atoms with Crippen LogP contribution in [0.15, 0.2) is 42.7 Å². The van der Waals surface area contributed by atoms with Crippen LogP contribution in [0.3, 0.4) is 0 Å². The van der Waals surface area contributed by atoms with E-state index in [1.54, 1.807) is 26.6 Å². The molecule has 100 valence electrons. The monoisotopic (exact) mass is 258 g/mol. The Labute approximate surface area is 113 Å². The first kappa shape index (κ1) is 13.4. The Morgan fingerprint density at radius 1 is 1.21 bits per heavy atom. The molecule has 1 heterocycles. The normalized spacial score (nSPS) is 11.9. The molecule has 0 aliphatic heterocycles. The first-order valence-corrected chi connectivity index (χ1v) is 6.11. The molecule has 2 aromatic rings. The van der Waals surface area contributed by atoms with Gasteiger partial charge in [-0.25, -0.2) is 0 Å². The van der Waals surface area contributed by atoms with Crippen LogP contribution < -0.4 is 15.2 Å². The molecule has 2 N–H and O–H groups in total. The number of methoxy groups -OCH3 is 2. The minimum Gasteiger partial charge on any atom is -0.497 e. The molecule has 1 aromatic heterocycles. The summed E-state index contributed by atoms with van der Waals surface area (Å²) in [6.45, 7) is 0. The molecule has 0 aliphatic carbocycles. The van der Waals surface area contributed by atoms with E-state index in [4.69, 9.17) is 15.2 Å². The molecule has 19 heavy (non-hydrogen) atoms. The van der Waals surface area contributed by atoms with Gasteiger partial charge < -0.3 is 15.2 Å². The third kappa shape index (κ3) is 3.23. The van der Waals surface area contributed by atoms with E-state index in [0.29, 0.717) is 6.42 Å². The van der Waals surface area contributed by atoms with Gasteiger partial charge in [0, 0.05) is 24.5 Å². The lowest BCUT2D eigenvalue weighted by Gasteiger charge is -2.15. The van der Waals surface area contributed by atoms with Crippen molar-refractivity contribution in [2.45, 2.75) is 12.5 Å². The average Bonchev–Trinajstić information content (AvgIpc) is 2.48. The van der Waals surface area contributed by atoms with Gasteiger partial charge in [0.25, 0.3) is 0 Å². The Morgan fingerprint density at radius 3 is 2.68 bits per heavy atom. The predicted octanol–water partition coefficient (Wildman–Crippen LogP) is 2.34. The first-order valence-electron chi connectivity index (χ1n) is 6.11. The molecule has 1 aromatic carbocycles. The van der Waals surface area contributed by atoms with Crippen molar-refractivity contribution in [2.24, 2.45) is 5.73 Å². The maximum atomic E-state index is 6.19. The molecular formula is C15H18N2O2.